The first-order chi connectivity index (χ1) is 15.4. The lowest BCUT2D eigenvalue weighted by Crippen LogP contribution is -2.20. The Bertz CT molecular complexity index is 518. The predicted molar refractivity (Wildman–Crippen MR) is 135 cm³/mol. The van der Waals surface area contributed by atoms with Crippen molar-refractivity contribution in [2.45, 2.75) is 136 Å². The molecule has 0 amide bonds. The van der Waals surface area contributed by atoms with Crippen LogP contribution in [0.3, 0.4) is 0 Å². The van der Waals surface area contributed by atoms with E-state index in [1.165, 1.54) is 89.9 Å². The van der Waals surface area contributed by atoms with E-state index in [2.05, 4.69) is 20.1 Å². The lowest BCUT2D eigenvalue weighted by molar-refractivity contribution is -0.145. The van der Waals surface area contributed by atoms with E-state index in [-0.39, 0.29) is 18.0 Å². The molecule has 0 radical (unpaired) electrons. The van der Waals surface area contributed by atoms with Gasteiger partial charge in [0.15, 0.2) is 0 Å². The van der Waals surface area contributed by atoms with Gasteiger partial charge in [-0.15, -0.1) is 0 Å². The van der Waals surface area contributed by atoms with Crippen molar-refractivity contribution < 1.29 is 19.1 Å². The van der Waals surface area contributed by atoms with Crippen LogP contribution in [0, 0.1) is 0 Å². The summed E-state index contributed by atoms with van der Waals surface area (Å²) in [5.74, 6) is -0.491. The third kappa shape index (κ3) is 19.1. The van der Waals surface area contributed by atoms with Gasteiger partial charge in [-0.3, -0.25) is 0 Å². The number of hydrogen-bond acceptors (Lipinski definition) is 4. The summed E-state index contributed by atoms with van der Waals surface area (Å²) in [7, 11) is 0. The topological polar surface area (TPSA) is 52.6 Å². The van der Waals surface area contributed by atoms with Crippen molar-refractivity contribution in [1.29, 1.82) is 0 Å². The first-order valence-electron chi connectivity index (χ1n) is 13.1. The summed E-state index contributed by atoms with van der Waals surface area (Å²) in [5, 5.41) is 0. The van der Waals surface area contributed by atoms with E-state index < -0.39 is 0 Å². The highest BCUT2D eigenvalue weighted by atomic mass is 16.5. The molecule has 0 aromatic heterocycles. The van der Waals surface area contributed by atoms with Crippen LogP contribution in [0.5, 0.6) is 0 Å². The zero-order valence-corrected chi connectivity index (χ0v) is 21.4. The van der Waals surface area contributed by atoms with Crippen LogP contribution in [-0.4, -0.2) is 24.6 Å². The molecule has 0 N–H and O–H groups in total. The summed E-state index contributed by atoms with van der Waals surface area (Å²) < 4.78 is 10.3. The van der Waals surface area contributed by atoms with E-state index in [1.807, 2.05) is 0 Å². The highest BCUT2D eigenvalue weighted by Crippen LogP contribution is 2.20. The molecule has 1 rings (SSSR count). The largest absolute Gasteiger partial charge is 0.462 e. The van der Waals surface area contributed by atoms with Crippen molar-refractivity contribution >= 4 is 11.9 Å². The molecule has 4 heteroatoms. The molecular weight excluding hydrogens is 400 g/mol. The molecule has 0 aliphatic heterocycles. The molecule has 0 unspecified atom stereocenters. The van der Waals surface area contributed by atoms with E-state index >= 15 is 0 Å². The zero-order valence-electron chi connectivity index (χ0n) is 21.4. The molecule has 186 valence electrons. The Kier molecular flexibility index (Phi) is 20.2. The van der Waals surface area contributed by atoms with Crippen LogP contribution in [-0.2, 0) is 19.1 Å². The van der Waals surface area contributed by atoms with Gasteiger partial charge in [-0.25, -0.2) is 9.59 Å². The van der Waals surface area contributed by atoms with Gasteiger partial charge in [0, 0.05) is 11.1 Å². The first-order valence-corrected chi connectivity index (χ1v) is 13.1. The Morgan fingerprint density at radius 3 is 1.56 bits per heavy atom. The summed E-state index contributed by atoms with van der Waals surface area (Å²) in [6.07, 6.45) is 21.7. The maximum Gasteiger partial charge on any atom is 0.333 e. The SMILES string of the molecule is C=C(C)C(=O)OC1CCCCC1.C=C(C)C(=O)OCCCCCCCCCCCCCC. The Morgan fingerprint density at radius 2 is 1.12 bits per heavy atom. The minimum absolute atomic E-state index is 0.156. The van der Waals surface area contributed by atoms with Gasteiger partial charge in [-0.1, -0.05) is 97.1 Å². The molecule has 1 aliphatic carbocycles. The normalized spacial score (nSPS) is 13.6. The molecule has 1 aliphatic rings. The fraction of sp³-hybridized carbons (Fsp3) is 0.786. The fourth-order valence-electron chi connectivity index (χ4n) is 3.67. The molecule has 1 saturated carbocycles. The summed E-state index contributed by atoms with van der Waals surface area (Å²) in [6, 6.07) is 0. The average Bonchev–Trinajstić information content (AvgIpc) is 2.77. The number of carbonyl (C=O) groups is 2. The third-order valence-corrected chi connectivity index (χ3v) is 5.75. The van der Waals surface area contributed by atoms with Gasteiger partial charge in [0.25, 0.3) is 0 Å². The molecule has 0 bridgehead atoms. The van der Waals surface area contributed by atoms with E-state index in [9.17, 15) is 9.59 Å². The Hall–Kier alpha value is -1.58. The van der Waals surface area contributed by atoms with Gasteiger partial charge >= 0.3 is 11.9 Å². The van der Waals surface area contributed by atoms with Gasteiger partial charge in [-0.2, -0.15) is 0 Å². The number of carbonyl (C=O) groups excluding carboxylic acids is 2. The maximum atomic E-state index is 11.1. The maximum absolute atomic E-state index is 11.1. The first kappa shape index (κ1) is 30.4. The number of esters is 2. The van der Waals surface area contributed by atoms with E-state index in [0.717, 1.165) is 19.3 Å². The molecule has 0 saturated heterocycles. The second-order valence-corrected chi connectivity index (χ2v) is 9.25. The smallest absolute Gasteiger partial charge is 0.333 e. The van der Waals surface area contributed by atoms with Crippen LogP contribution < -0.4 is 0 Å². The molecule has 0 heterocycles. The zero-order chi connectivity index (χ0) is 24.0. The average molecular weight is 451 g/mol. The van der Waals surface area contributed by atoms with Gasteiger partial charge < -0.3 is 9.47 Å². The number of hydrogen-bond donors (Lipinski definition) is 0. The molecule has 0 aromatic rings. The monoisotopic (exact) mass is 450 g/mol. The number of ether oxygens (including phenoxy) is 2. The van der Waals surface area contributed by atoms with Crippen molar-refractivity contribution in [3.05, 3.63) is 24.3 Å². The summed E-state index contributed by atoms with van der Waals surface area (Å²) in [6.45, 7) is 13.3. The Morgan fingerprint density at radius 1 is 0.688 bits per heavy atom. The van der Waals surface area contributed by atoms with E-state index in [1.54, 1.807) is 13.8 Å². The van der Waals surface area contributed by atoms with Crippen LogP contribution in [0.15, 0.2) is 24.3 Å². The lowest BCUT2D eigenvalue weighted by Gasteiger charge is -2.21. The fourth-order valence-corrected chi connectivity index (χ4v) is 3.67. The summed E-state index contributed by atoms with van der Waals surface area (Å²) in [4.78, 5) is 22.2. The third-order valence-electron chi connectivity index (χ3n) is 5.75. The Labute approximate surface area is 198 Å². The van der Waals surface area contributed by atoms with Crippen molar-refractivity contribution in [1.82, 2.24) is 0 Å². The second kappa shape index (κ2) is 21.3. The second-order valence-electron chi connectivity index (χ2n) is 9.25. The van der Waals surface area contributed by atoms with Crippen LogP contribution in [0.1, 0.15) is 130 Å². The minimum atomic E-state index is -0.256. The van der Waals surface area contributed by atoms with Crippen LogP contribution >= 0.6 is 0 Å². The lowest BCUT2D eigenvalue weighted by atomic mass is 9.98. The highest BCUT2D eigenvalue weighted by molar-refractivity contribution is 5.87. The molecule has 0 spiro atoms. The molecule has 0 aromatic carbocycles. The number of unbranched alkanes of at least 4 members (excludes halogenated alkanes) is 11. The van der Waals surface area contributed by atoms with Crippen molar-refractivity contribution in [3.63, 3.8) is 0 Å². The minimum Gasteiger partial charge on any atom is -0.462 e. The van der Waals surface area contributed by atoms with E-state index in [4.69, 9.17) is 9.47 Å². The standard InChI is InChI=1S/C18H34O2.C10H16O2/c1-4-5-6-7-8-9-10-11-12-13-14-15-16-20-18(19)17(2)3;1-8(2)10(11)12-9-6-4-3-5-7-9/h2,4-16H2,1,3H3;9H,1,3-7H2,2H3. The van der Waals surface area contributed by atoms with Gasteiger partial charge in [0.05, 0.1) is 6.61 Å². The van der Waals surface area contributed by atoms with Crippen LogP contribution in [0.25, 0.3) is 0 Å². The molecule has 4 nitrogen and oxygen atoms in total. The highest BCUT2D eigenvalue weighted by Gasteiger charge is 2.17. The van der Waals surface area contributed by atoms with Crippen LogP contribution in [0.2, 0.25) is 0 Å². The van der Waals surface area contributed by atoms with Gasteiger partial charge in [-0.05, 0) is 46.0 Å². The molecule has 1 fully saturated rings. The summed E-state index contributed by atoms with van der Waals surface area (Å²) >= 11 is 0. The Balaban J connectivity index is 0.000000677. The van der Waals surface area contributed by atoms with Crippen molar-refractivity contribution in [2.24, 2.45) is 0 Å². The quantitative estimate of drug-likeness (QED) is 0.135. The van der Waals surface area contributed by atoms with Gasteiger partial charge in [0.1, 0.15) is 6.10 Å². The van der Waals surface area contributed by atoms with Crippen molar-refractivity contribution in [2.75, 3.05) is 6.61 Å². The molecular formula is C28H50O4. The number of rotatable bonds is 16. The van der Waals surface area contributed by atoms with E-state index in [0.29, 0.717) is 17.8 Å². The predicted octanol–water partition coefficient (Wildman–Crippen LogP) is 8.25. The van der Waals surface area contributed by atoms with Gasteiger partial charge in [0.2, 0.25) is 0 Å². The van der Waals surface area contributed by atoms with Crippen molar-refractivity contribution in [3.8, 4) is 0 Å². The molecule has 32 heavy (non-hydrogen) atoms. The molecule has 0 atom stereocenters. The summed E-state index contributed by atoms with van der Waals surface area (Å²) in [5.41, 5.74) is 0.990. The van der Waals surface area contributed by atoms with Crippen LogP contribution in [0.4, 0.5) is 0 Å².